The zero-order chi connectivity index (χ0) is 21.9. The van der Waals surface area contributed by atoms with Crippen molar-refractivity contribution in [3.63, 3.8) is 0 Å². The summed E-state index contributed by atoms with van der Waals surface area (Å²) in [7, 11) is 3.12. The molecule has 0 aliphatic carbocycles. The molecule has 0 saturated heterocycles. The summed E-state index contributed by atoms with van der Waals surface area (Å²) in [5.74, 6) is -0.755. The number of carbonyl (C=O) groups excluding carboxylic acids is 1. The first-order chi connectivity index (χ1) is 14.4. The van der Waals surface area contributed by atoms with Crippen LogP contribution in [0.1, 0.15) is 11.1 Å². The van der Waals surface area contributed by atoms with Gasteiger partial charge in [0.25, 0.3) is 0 Å². The highest BCUT2D eigenvalue weighted by molar-refractivity contribution is 5.96. The number of methoxy groups -OCH3 is 2. The largest absolute Gasteiger partial charge is 0.508 e. The van der Waals surface area contributed by atoms with Crippen molar-refractivity contribution in [2.45, 2.75) is 13.0 Å². The molecule has 2 aromatic carbocycles. The van der Waals surface area contributed by atoms with Gasteiger partial charge in [0.1, 0.15) is 12.4 Å². The van der Waals surface area contributed by atoms with E-state index < -0.39 is 11.9 Å². The number of para-hydroxylation sites is 1. The molecule has 0 spiro atoms. The molecule has 0 unspecified atom stereocenters. The van der Waals surface area contributed by atoms with E-state index in [2.05, 4.69) is 5.32 Å². The average Bonchev–Trinajstić information content (AvgIpc) is 2.74. The molecule has 0 radical (unpaired) electrons. The number of carboxylic acid groups (broad SMARTS) is 1. The molecule has 0 fully saturated rings. The molecule has 0 amide bonds. The second-order valence-corrected chi connectivity index (χ2v) is 6.33. The molecule has 0 heterocycles. The minimum absolute atomic E-state index is 0.00195. The van der Waals surface area contributed by atoms with Crippen molar-refractivity contribution in [1.29, 1.82) is 0 Å². The number of rotatable bonds is 11. The Labute approximate surface area is 174 Å². The second kappa shape index (κ2) is 11.5. The van der Waals surface area contributed by atoms with Crippen LogP contribution in [-0.4, -0.2) is 49.5 Å². The summed E-state index contributed by atoms with van der Waals surface area (Å²) >= 11 is 0. The van der Waals surface area contributed by atoms with E-state index in [0.29, 0.717) is 30.0 Å². The predicted molar refractivity (Wildman–Crippen MR) is 110 cm³/mol. The summed E-state index contributed by atoms with van der Waals surface area (Å²) in [6, 6.07) is 12.0. The fraction of sp³-hybridized carbons (Fsp3) is 0.273. The Morgan fingerprint density at radius 1 is 1.07 bits per heavy atom. The molecule has 8 nitrogen and oxygen atoms in total. The average molecular weight is 415 g/mol. The standard InChI is InChI=1S/C22H25NO7/c1-28-19-8-7-15(11-20(19)29-2)9-10-23-13-17(12-21(25)26)22(27)30-14-16-5-3-4-6-18(16)24/h3-8,11-12,23-24H,9-10,13-14H2,1-2H3,(H,25,26)/b17-12+. The third-order valence-electron chi connectivity index (χ3n) is 4.26. The maximum absolute atomic E-state index is 12.3. The van der Waals surface area contributed by atoms with Crippen molar-refractivity contribution >= 4 is 11.9 Å². The first-order valence-corrected chi connectivity index (χ1v) is 9.23. The number of phenolic OH excluding ortho intramolecular Hbond substituents is 1. The molecular weight excluding hydrogens is 390 g/mol. The first-order valence-electron chi connectivity index (χ1n) is 9.23. The lowest BCUT2D eigenvalue weighted by Gasteiger charge is -2.11. The van der Waals surface area contributed by atoms with Crippen LogP contribution in [0, 0.1) is 0 Å². The number of ether oxygens (including phenoxy) is 3. The van der Waals surface area contributed by atoms with Gasteiger partial charge in [0.2, 0.25) is 0 Å². The Morgan fingerprint density at radius 2 is 1.80 bits per heavy atom. The maximum Gasteiger partial charge on any atom is 0.335 e. The minimum atomic E-state index is -1.24. The van der Waals surface area contributed by atoms with Gasteiger partial charge in [-0.1, -0.05) is 24.3 Å². The number of hydrogen-bond donors (Lipinski definition) is 3. The van der Waals surface area contributed by atoms with Gasteiger partial charge < -0.3 is 29.7 Å². The van der Waals surface area contributed by atoms with Crippen LogP contribution in [0.5, 0.6) is 17.2 Å². The van der Waals surface area contributed by atoms with Crippen LogP contribution in [0.2, 0.25) is 0 Å². The van der Waals surface area contributed by atoms with Crippen LogP contribution in [0.3, 0.4) is 0 Å². The number of benzene rings is 2. The molecule has 0 atom stereocenters. The predicted octanol–water partition coefficient (Wildman–Crippen LogP) is 2.30. The Kier molecular flexibility index (Phi) is 8.71. The van der Waals surface area contributed by atoms with E-state index in [9.17, 15) is 14.7 Å². The van der Waals surface area contributed by atoms with Gasteiger partial charge >= 0.3 is 11.9 Å². The summed E-state index contributed by atoms with van der Waals surface area (Å²) < 4.78 is 15.6. The van der Waals surface area contributed by atoms with Crippen molar-refractivity contribution < 1.29 is 34.0 Å². The molecule has 0 aliphatic heterocycles. The van der Waals surface area contributed by atoms with Gasteiger partial charge in [-0.3, -0.25) is 0 Å². The SMILES string of the molecule is COc1ccc(CCNC/C(=C\C(=O)O)C(=O)OCc2ccccc2O)cc1OC. The van der Waals surface area contributed by atoms with E-state index in [4.69, 9.17) is 19.3 Å². The summed E-state index contributed by atoms with van der Waals surface area (Å²) in [5.41, 5.74) is 1.40. The topological polar surface area (TPSA) is 114 Å². The molecule has 8 heteroatoms. The van der Waals surface area contributed by atoms with E-state index >= 15 is 0 Å². The van der Waals surface area contributed by atoms with E-state index in [-0.39, 0.29) is 24.5 Å². The zero-order valence-electron chi connectivity index (χ0n) is 16.9. The van der Waals surface area contributed by atoms with Crippen LogP contribution >= 0.6 is 0 Å². The lowest BCUT2D eigenvalue weighted by atomic mass is 10.1. The summed E-state index contributed by atoms with van der Waals surface area (Å²) in [6.45, 7) is 0.368. The van der Waals surface area contributed by atoms with Crippen molar-refractivity contribution in [2.24, 2.45) is 0 Å². The minimum Gasteiger partial charge on any atom is -0.508 e. The molecule has 2 rings (SSSR count). The van der Waals surface area contributed by atoms with Gasteiger partial charge in [0, 0.05) is 18.2 Å². The lowest BCUT2D eigenvalue weighted by Crippen LogP contribution is -2.25. The Hall–Kier alpha value is -3.52. The molecule has 3 N–H and O–H groups in total. The van der Waals surface area contributed by atoms with E-state index in [1.54, 1.807) is 38.5 Å². The van der Waals surface area contributed by atoms with Gasteiger partial charge in [-0.2, -0.15) is 0 Å². The van der Waals surface area contributed by atoms with Crippen LogP contribution in [0.4, 0.5) is 0 Å². The number of phenols is 1. The lowest BCUT2D eigenvalue weighted by molar-refractivity contribution is -0.141. The van der Waals surface area contributed by atoms with E-state index in [1.807, 2.05) is 12.1 Å². The Bertz CT molecular complexity index is 908. The molecular formula is C22H25NO7. The van der Waals surface area contributed by atoms with Gasteiger partial charge in [-0.05, 0) is 36.7 Å². The smallest absolute Gasteiger partial charge is 0.335 e. The van der Waals surface area contributed by atoms with Crippen LogP contribution in [0.15, 0.2) is 54.1 Å². The number of aromatic hydroxyl groups is 1. The van der Waals surface area contributed by atoms with Crippen molar-refractivity contribution in [1.82, 2.24) is 5.32 Å². The van der Waals surface area contributed by atoms with Gasteiger partial charge in [0.15, 0.2) is 11.5 Å². The second-order valence-electron chi connectivity index (χ2n) is 6.33. The third kappa shape index (κ3) is 6.82. The molecule has 0 aromatic heterocycles. The zero-order valence-corrected chi connectivity index (χ0v) is 16.9. The summed E-state index contributed by atoms with van der Waals surface area (Å²) in [6.07, 6.45) is 1.45. The normalized spacial score (nSPS) is 11.1. The van der Waals surface area contributed by atoms with Gasteiger partial charge in [-0.25, -0.2) is 9.59 Å². The number of hydrogen-bond acceptors (Lipinski definition) is 7. The third-order valence-corrected chi connectivity index (χ3v) is 4.26. The van der Waals surface area contributed by atoms with Crippen molar-refractivity contribution in [3.05, 3.63) is 65.2 Å². The van der Waals surface area contributed by atoms with Crippen molar-refractivity contribution in [3.8, 4) is 17.2 Å². The van der Waals surface area contributed by atoms with E-state index in [0.717, 1.165) is 11.6 Å². The first kappa shape index (κ1) is 22.8. The van der Waals surface area contributed by atoms with E-state index in [1.165, 1.54) is 6.07 Å². The molecule has 30 heavy (non-hydrogen) atoms. The molecule has 0 saturated carbocycles. The number of carboxylic acids is 1. The molecule has 0 bridgehead atoms. The Morgan fingerprint density at radius 3 is 2.47 bits per heavy atom. The summed E-state index contributed by atoms with van der Waals surface area (Å²) in [5, 5.41) is 21.8. The number of nitrogens with one attached hydrogen (secondary N) is 1. The fourth-order valence-corrected chi connectivity index (χ4v) is 2.69. The fourth-order valence-electron chi connectivity index (χ4n) is 2.69. The maximum atomic E-state index is 12.3. The van der Waals surface area contributed by atoms with Crippen LogP contribution < -0.4 is 14.8 Å². The quantitative estimate of drug-likeness (QED) is 0.291. The number of carbonyl (C=O) groups is 2. The number of esters is 1. The highest BCUT2D eigenvalue weighted by Gasteiger charge is 2.14. The van der Waals surface area contributed by atoms with Crippen molar-refractivity contribution in [2.75, 3.05) is 27.3 Å². The van der Waals surface area contributed by atoms with Crippen LogP contribution in [-0.2, 0) is 27.4 Å². The highest BCUT2D eigenvalue weighted by atomic mass is 16.5. The summed E-state index contributed by atoms with van der Waals surface area (Å²) in [4.78, 5) is 23.3. The van der Waals surface area contributed by atoms with Crippen LogP contribution in [0.25, 0.3) is 0 Å². The van der Waals surface area contributed by atoms with Gasteiger partial charge in [0.05, 0.1) is 19.8 Å². The molecule has 2 aromatic rings. The number of aliphatic carboxylic acids is 1. The highest BCUT2D eigenvalue weighted by Crippen LogP contribution is 2.27. The monoisotopic (exact) mass is 415 g/mol. The molecule has 0 aliphatic rings. The van der Waals surface area contributed by atoms with Gasteiger partial charge in [-0.15, -0.1) is 0 Å². The Balaban J connectivity index is 1.90. The molecule has 160 valence electrons.